The maximum Gasteiger partial charge on any atom is 0.476 e. The van der Waals surface area contributed by atoms with Crippen molar-refractivity contribution < 1.29 is 27.3 Å². The van der Waals surface area contributed by atoms with Crippen molar-refractivity contribution in [3.8, 4) is 11.1 Å². The Bertz CT molecular complexity index is 1710. The minimum atomic E-state index is -3.97. The van der Waals surface area contributed by atoms with Crippen LogP contribution >= 0.6 is 7.82 Å². The number of aromatic nitrogens is 5. The Balaban J connectivity index is 1.47. The number of carbonyl (C=O) groups is 1. The SMILES string of the molecule is CC[C@H](OP(=O)(OC(C)(C)C)OC(C)(C)C)c1cc(C)c(-c2cc3cnc(NC(=O)[C@H]4C[C@H]4F)cc3n3ncnc23)cn1. The van der Waals surface area contributed by atoms with Crippen molar-refractivity contribution in [2.24, 2.45) is 5.92 Å². The number of alkyl halides is 1. The fourth-order valence-electron chi connectivity index (χ4n) is 4.75. The first-order valence-corrected chi connectivity index (χ1v) is 15.8. The highest BCUT2D eigenvalue weighted by atomic mass is 31.2. The summed E-state index contributed by atoms with van der Waals surface area (Å²) in [6, 6.07) is 5.53. The molecule has 1 fully saturated rings. The summed E-state index contributed by atoms with van der Waals surface area (Å²) in [6.07, 6.45) is 3.81. The second-order valence-electron chi connectivity index (χ2n) is 12.8. The van der Waals surface area contributed by atoms with E-state index in [0.717, 1.165) is 22.1 Å². The Hall–Kier alpha value is -3.31. The lowest BCUT2D eigenvalue weighted by atomic mass is 10.0. The van der Waals surface area contributed by atoms with Crippen LogP contribution in [-0.4, -0.2) is 47.8 Å². The Morgan fingerprint density at radius 3 is 2.33 bits per heavy atom. The molecule has 13 heteroatoms. The van der Waals surface area contributed by atoms with Gasteiger partial charge in [-0.2, -0.15) is 5.10 Å². The third kappa shape index (κ3) is 7.09. The molecule has 1 saturated carbocycles. The van der Waals surface area contributed by atoms with Gasteiger partial charge in [-0.25, -0.2) is 23.4 Å². The Kier molecular flexibility index (Phi) is 8.19. The van der Waals surface area contributed by atoms with Crippen LogP contribution < -0.4 is 5.32 Å². The highest BCUT2D eigenvalue weighted by molar-refractivity contribution is 7.48. The molecule has 4 aromatic rings. The van der Waals surface area contributed by atoms with Crippen molar-refractivity contribution in [1.82, 2.24) is 24.6 Å². The van der Waals surface area contributed by atoms with Crippen molar-refractivity contribution in [2.75, 3.05) is 5.32 Å². The lowest BCUT2D eigenvalue weighted by Crippen LogP contribution is -2.25. The highest BCUT2D eigenvalue weighted by Crippen LogP contribution is 2.58. The molecule has 1 aliphatic carbocycles. The second-order valence-corrected chi connectivity index (χ2v) is 14.3. The Morgan fingerprint density at radius 1 is 1.07 bits per heavy atom. The summed E-state index contributed by atoms with van der Waals surface area (Å²) in [6.45, 7) is 14.6. The summed E-state index contributed by atoms with van der Waals surface area (Å²) in [5.74, 6) is -0.684. The van der Waals surface area contributed by atoms with Crippen molar-refractivity contribution in [2.45, 2.75) is 91.7 Å². The van der Waals surface area contributed by atoms with Gasteiger partial charge in [-0.3, -0.25) is 23.3 Å². The van der Waals surface area contributed by atoms with Gasteiger partial charge >= 0.3 is 7.82 Å². The summed E-state index contributed by atoms with van der Waals surface area (Å²) in [5, 5.41) is 7.86. The molecular weight excluding hydrogens is 574 g/mol. The fraction of sp³-hybridized carbons (Fsp3) is 0.500. The van der Waals surface area contributed by atoms with Crippen LogP contribution in [0.4, 0.5) is 10.2 Å². The van der Waals surface area contributed by atoms with Crippen molar-refractivity contribution in [1.29, 1.82) is 0 Å². The van der Waals surface area contributed by atoms with Crippen LogP contribution in [0.15, 0.2) is 36.9 Å². The lowest BCUT2D eigenvalue weighted by Gasteiger charge is -2.32. The maximum absolute atomic E-state index is 13.8. The topological polar surface area (TPSA) is 130 Å². The van der Waals surface area contributed by atoms with Gasteiger partial charge in [0.25, 0.3) is 0 Å². The quantitative estimate of drug-likeness (QED) is 0.196. The second kappa shape index (κ2) is 11.3. The molecule has 0 aliphatic heterocycles. The van der Waals surface area contributed by atoms with E-state index in [1.165, 1.54) is 6.33 Å². The monoisotopic (exact) mass is 612 g/mol. The first kappa shape index (κ1) is 31.1. The molecule has 0 bridgehead atoms. The predicted octanol–water partition coefficient (Wildman–Crippen LogP) is 7.15. The number of hydrogen-bond donors (Lipinski definition) is 1. The number of nitrogens with one attached hydrogen (secondary N) is 1. The van der Waals surface area contributed by atoms with E-state index in [-0.39, 0.29) is 12.3 Å². The molecule has 230 valence electrons. The number of anilines is 1. The van der Waals surface area contributed by atoms with E-state index in [1.54, 1.807) is 64.5 Å². The molecule has 1 amide bonds. The molecule has 4 heterocycles. The molecule has 0 unspecified atom stereocenters. The van der Waals surface area contributed by atoms with Crippen molar-refractivity contribution in [3.05, 3.63) is 48.2 Å². The molecule has 0 aromatic carbocycles. The standard InChI is InChI=1S/C30H38FN6O5P/c1-9-25(40-43(39,41-29(3,4)5)42-30(6,7)8)23-10-17(2)21(15-32-23)19-11-18-14-33-26(36-28(38)20-12-22(20)31)13-24(18)37-27(19)34-16-35-37/h10-11,13-16,20,22,25H,9,12H2,1-8H3,(H,33,36,38)/t20-,22+,25-/m0/s1. The third-order valence-electron chi connectivity index (χ3n) is 6.68. The van der Waals surface area contributed by atoms with E-state index in [1.807, 2.05) is 26.0 Å². The normalized spacial score (nSPS) is 18.3. The van der Waals surface area contributed by atoms with Gasteiger partial charge < -0.3 is 5.32 Å². The highest BCUT2D eigenvalue weighted by Gasteiger charge is 2.44. The van der Waals surface area contributed by atoms with Gasteiger partial charge in [0.05, 0.1) is 28.3 Å². The Labute approximate surface area is 250 Å². The number of fused-ring (bicyclic) bond motifs is 3. The van der Waals surface area contributed by atoms with E-state index in [2.05, 4.69) is 20.4 Å². The number of hydrogen-bond acceptors (Lipinski definition) is 9. The zero-order valence-corrected chi connectivity index (χ0v) is 26.6. The van der Waals surface area contributed by atoms with E-state index >= 15 is 0 Å². The summed E-state index contributed by atoms with van der Waals surface area (Å²) >= 11 is 0. The molecule has 1 aliphatic rings. The molecule has 0 saturated heterocycles. The molecule has 5 rings (SSSR count). The van der Waals surface area contributed by atoms with Gasteiger partial charge in [-0.1, -0.05) is 6.92 Å². The van der Waals surface area contributed by atoms with Gasteiger partial charge in [-0.05, 0) is 79.0 Å². The number of phosphoric acid groups is 1. The summed E-state index contributed by atoms with van der Waals surface area (Å²) in [5.41, 5.74) is 2.83. The number of phosphoric ester groups is 1. The van der Waals surface area contributed by atoms with Crippen LogP contribution in [0.1, 0.15) is 78.7 Å². The zero-order valence-electron chi connectivity index (χ0n) is 25.7. The molecule has 11 nitrogen and oxygen atoms in total. The van der Waals surface area contributed by atoms with Gasteiger partial charge in [-0.15, -0.1) is 0 Å². The fourth-order valence-corrected chi connectivity index (χ4v) is 6.79. The van der Waals surface area contributed by atoms with E-state index in [9.17, 15) is 13.8 Å². The minimum absolute atomic E-state index is 0.238. The summed E-state index contributed by atoms with van der Waals surface area (Å²) in [7, 11) is -3.97. The molecule has 3 atom stereocenters. The first-order valence-electron chi connectivity index (χ1n) is 14.3. The number of carbonyl (C=O) groups excluding carboxylic acids is 1. The van der Waals surface area contributed by atoms with E-state index in [4.69, 9.17) is 18.6 Å². The number of rotatable bonds is 9. The molecule has 0 spiro atoms. The third-order valence-corrected chi connectivity index (χ3v) is 8.74. The van der Waals surface area contributed by atoms with Crippen LogP contribution in [0.5, 0.6) is 0 Å². The largest absolute Gasteiger partial charge is 0.476 e. The van der Waals surface area contributed by atoms with Crippen LogP contribution in [0, 0.1) is 12.8 Å². The zero-order chi connectivity index (χ0) is 31.3. The summed E-state index contributed by atoms with van der Waals surface area (Å²) in [4.78, 5) is 25.8. The van der Waals surface area contributed by atoms with Crippen molar-refractivity contribution in [3.63, 3.8) is 0 Å². The van der Waals surface area contributed by atoms with Crippen molar-refractivity contribution >= 4 is 36.1 Å². The lowest BCUT2D eigenvalue weighted by molar-refractivity contribution is -0.117. The van der Waals surface area contributed by atoms with E-state index in [0.29, 0.717) is 29.1 Å². The molecule has 0 radical (unpaired) electrons. The van der Waals surface area contributed by atoms with Gasteiger partial charge in [0, 0.05) is 35.0 Å². The number of amides is 1. The first-order chi connectivity index (χ1) is 20.1. The van der Waals surface area contributed by atoms with Gasteiger partial charge in [0.1, 0.15) is 24.4 Å². The maximum atomic E-state index is 13.8. The predicted molar refractivity (Wildman–Crippen MR) is 161 cm³/mol. The summed E-state index contributed by atoms with van der Waals surface area (Å²) < 4.78 is 46.5. The van der Waals surface area contributed by atoms with Crippen LogP contribution in [0.2, 0.25) is 0 Å². The van der Waals surface area contributed by atoms with Crippen LogP contribution in [0.3, 0.4) is 0 Å². The average molecular weight is 613 g/mol. The average Bonchev–Trinajstić information content (AvgIpc) is 3.41. The minimum Gasteiger partial charge on any atom is -0.310 e. The van der Waals surface area contributed by atoms with Crippen LogP contribution in [-0.2, 0) is 22.9 Å². The smallest absolute Gasteiger partial charge is 0.310 e. The number of halogens is 1. The number of nitrogens with zero attached hydrogens (tertiary/aromatic N) is 5. The Morgan fingerprint density at radius 2 is 1.74 bits per heavy atom. The number of aryl methyl sites for hydroxylation is 1. The number of pyridine rings is 3. The molecule has 43 heavy (non-hydrogen) atoms. The molecule has 4 aromatic heterocycles. The van der Waals surface area contributed by atoms with Gasteiger partial charge in [0.15, 0.2) is 5.65 Å². The molecular formula is C30H38FN6O5P. The van der Waals surface area contributed by atoms with Crippen LogP contribution in [0.25, 0.3) is 27.7 Å². The molecule has 1 N–H and O–H groups in total. The van der Waals surface area contributed by atoms with Gasteiger partial charge in [0.2, 0.25) is 5.91 Å². The van der Waals surface area contributed by atoms with E-state index < -0.39 is 37.2 Å².